The van der Waals surface area contributed by atoms with E-state index in [0.717, 1.165) is 10.9 Å². The lowest BCUT2D eigenvalue weighted by atomic mass is 10.1. The molecule has 1 unspecified atom stereocenters. The first-order valence-electron chi connectivity index (χ1n) is 5.85. The lowest BCUT2D eigenvalue weighted by Gasteiger charge is -2.20. The van der Waals surface area contributed by atoms with Gasteiger partial charge in [-0.2, -0.15) is 0 Å². The van der Waals surface area contributed by atoms with E-state index in [1.54, 1.807) is 0 Å². The van der Waals surface area contributed by atoms with Crippen molar-refractivity contribution in [3.05, 3.63) is 12.0 Å². The van der Waals surface area contributed by atoms with Crippen LogP contribution >= 0.6 is 7.82 Å². The van der Waals surface area contributed by atoms with Crippen LogP contribution < -0.4 is 10.3 Å². The van der Waals surface area contributed by atoms with Crippen molar-refractivity contribution in [3.63, 3.8) is 0 Å². The predicted octanol–water partition coefficient (Wildman–Crippen LogP) is -1.89. The Bertz CT molecular complexity index is 633. The van der Waals surface area contributed by atoms with Crippen LogP contribution in [0.3, 0.4) is 0 Å². The molecule has 5 N–H and O–H groups in total. The molecule has 1 aromatic heterocycles. The van der Waals surface area contributed by atoms with E-state index in [0.29, 0.717) is 0 Å². The molecule has 3 heterocycles. The summed E-state index contributed by atoms with van der Waals surface area (Å²) in [5, 5.41) is 19.8. The SMILES string of the molecule is NC(=O)c1ncn2c1OP(=O)(O)OC[C@@H]1O[C@H]2[C@H](O)[C@@H]1O. The number of carbonyl (C=O) groups is 1. The summed E-state index contributed by atoms with van der Waals surface area (Å²) < 4.78 is 27.6. The van der Waals surface area contributed by atoms with Crippen LogP contribution in [0.4, 0.5) is 0 Å². The summed E-state index contributed by atoms with van der Waals surface area (Å²) in [4.78, 5) is 24.5. The van der Waals surface area contributed by atoms with Crippen LogP contribution in [0.5, 0.6) is 5.88 Å². The Hall–Kier alpha value is -1.49. The highest BCUT2D eigenvalue weighted by Gasteiger charge is 2.48. The third-order valence-electron chi connectivity index (χ3n) is 3.20. The number of imidazole rings is 1. The summed E-state index contributed by atoms with van der Waals surface area (Å²) in [6.45, 7) is -0.479. The van der Waals surface area contributed by atoms with Gasteiger partial charge in [0, 0.05) is 0 Å². The van der Waals surface area contributed by atoms with Crippen molar-refractivity contribution in [2.45, 2.75) is 24.5 Å². The molecule has 1 amide bonds. The summed E-state index contributed by atoms with van der Waals surface area (Å²) in [6, 6.07) is 0. The van der Waals surface area contributed by atoms with Gasteiger partial charge in [0.1, 0.15) is 24.6 Å². The van der Waals surface area contributed by atoms with Gasteiger partial charge in [0.25, 0.3) is 5.91 Å². The van der Waals surface area contributed by atoms with Gasteiger partial charge in [-0.1, -0.05) is 0 Å². The minimum Gasteiger partial charge on any atom is -0.387 e. The van der Waals surface area contributed by atoms with Crippen LogP contribution in [0.25, 0.3) is 0 Å². The van der Waals surface area contributed by atoms with Crippen molar-refractivity contribution in [2.24, 2.45) is 5.73 Å². The topological polar surface area (TPSA) is 166 Å². The molecule has 0 spiro atoms. The van der Waals surface area contributed by atoms with Crippen molar-refractivity contribution >= 4 is 13.7 Å². The molecule has 0 aliphatic carbocycles. The minimum absolute atomic E-state index is 0.427. The molecule has 5 atom stereocenters. The molecule has 2 aliphatic heterocycles. The zero-order valence-electron chi connectivity index (χ0n) is 10.4. The van der Waals surface area contributed by atoms with E-state index in [-0.39, 0.29) is 0 Å². The van der Waals surface area contributed by atoms with Gasteiger partial charge in [-0.05, 0) is 0 Å². The van der Waals surface area contributed by atoms with Crippen molar-refractivity contribution in [1.82, 2.24) is 9.55 Å². The fraction of sp³-hybridized carbons (Fsp3) is 0.556. The molecule has 0 radical (unpaired) electrons. The standard InChI is InChI=1S/C9H12N3O8P/c10-7(15)4-8-12(2-11-4)9-6(14)5(13)3(19-9)1-18-21(16,17)20-8/h2-3,5-6,9,13-14H,1H2,(H2,10,15)(H,16,17)/t3-,5+,6+,9-/m0/s1. The van der Waals surface area contributed by atoms with E-state index in [1.807, 2.05) is 0 Å². The van der Waals surface area contributed by atoms with Crippen molar-refractivity contribution in [1.29, 1.82) is 0 Å². The number of hydrogen-bond donors (Lipinski definition) is 4. The molecular weight excluding hydrogens is 309 g/mol. The smallest absolute Gasteiger partial charge is 0.387 e. The molecule has 1 fully saturated rings. The second-order valence-corrected chi connectivity index (χ2v) is 5.95. The molecule has 1 aromatic rings. The molecular formula is C9H12N3O8P. The molecule has 2 bridgehead atoms. The van der Waals surface area contributed by atoms with Crippen LogP contribution in [0, 0.1) is 0 Å². The van der Waals surface area contributed by atoms with Crippen LogP contribution in [-0.2, 0) is 13.8 Å². The van der Waals surface area contributed by atoms with Crippen LogP contribution in [0.15, 0.2) is 6.33 Å². The summed E-state index contributed by atoms with van der Waals surface area (Å²) in [7, 11) is -4.57. The quantitative estimate of drug-likeness (QED) is 0.432. The van der Waals surface area contributed by atoms with Gasteiger partial charge in [0.2, 0.25) is 5.88 Å². The molecule has 116 valence electrons. The van der Waals surface area contributed by atoms with Crippen LogP contribution in [-0.4, -0.2) is 55.5 Å². The second kappa shape index (κ2) is 4.77. The Labute approximate surface area is 117 Å². The van der Waals surface area contributed by atoms with Crippen LogP contribution in [0.2, 0.25) is 0 Å². The molecule has 2 aliphatic rings. The summed E-state index contributed by atoms with van der Waals surface area (Å²) in [5.41, 5.74) is 4.67. The number of hydrogen-bond acceptors (Lipinski definition) is 8. The summed E-state index contributed by atoms with van der Waals surface area (Å²) in [6.07, 6.45) is -3.88. The first-order valence-corrected chi connectivity index (χ1v) is 7.35. The molecule has 1 saturated heterocycles. The van der Waals surface area contributed by atoms with E-state index in [1.165, 1.54) is 0 Å². The summed E-state index contributed by atoms with van der Waals surface area (Å²) in [5.74, 6) is -1.49. The average molecular weight is 321 g/mol. The number of phosphoric acid groups is 1. The number of phosphoric ester groups is 1. The Morgan fingerprint density at radius 3 is 2.86 bits per heavy atom. The highest BCUT2D eigenvalue weighted by molar-refractivity contribution is 7.47. The van der Waals surface area contributed by atoms with Gasteiger partial charge < -0.3 is 25.2 Å². The minimum atomic E-state index is -4.57. The number of primary amides is 1. The fourth-order valence-electron chi connectivity index (χ4n) is 2.19. The fourth-order valence-corrected chi connectivity index (χ4v) is 2.98. The van der Waals surface area contributed by atoms with Crippen LogP contribution in [0.1, 0.15) is 16.7 Å². The molecule has 0 aromatic carbocycles. The molecule has 21 heavy (non-hydrogen) atoms. The lowest BCUT2D eigenvalue weighted by Crippen LogP contribution is -2.34. The first kappa shape index (κ1) is 14.4. The van der Waals surface area contributed by atoms with Crippen molar-refractivity contribution < 1.29 is 38.3 Å². The van der Waals surface area contributed by atoms with Gasteiger partial charge in [-0.15, -0.1) is 0 Å². The number of ether oxygens (including phenoxy) is 1. The number of nitrogens with two attached hydrogens (primary N) is 1. The van der Waals surface area contributed by atoms with E-state index >= 15 is 0 Å². The maximum Gasteiger partial charge on any atom is 0.528 e. The number of fused-ring (bicyclic) bond motifs is 4. The monoisotopic (exact) mass is 321 g/mol. The van der Waals surface area contributed by atoms with Gasteiger partial charge >= 0.3 is 7.82 Å². The predicted molar refractivity (Wildman–Crippen MR) is 63.1 cm³/mol. The number of aliphatic hydroxyl groups is 2. The number of nitrogens with zero attached hydrogens (tertiary/aromatic N) is 2. The van der Waals surface area contributed by atoms with Gasteiger partial charge in [-0.3, -0.25) is 18.8 Å². The summed E-state index contributed by atoms with van der Waals surface area (Å²) >= 11 is 0. The van der Waals surface area contributed by atoms with Crippen molar-refractivity contribution in [3.8, 4) is 5.88 Å². The number of rotatable bonds is 1. The van der Waals surface area contributed by atoms with Gasteiger partial charge in [0.15, 0.2) is 11.9 Å². The van der Waals surface area contributed by atoms with Gasteiger partial charge in [-0.25, -0.2) is 9.55 Å². The third kappa shape index (κ3) is 2.33. The molecule has 12 heteroatoms. The Morgan fingerprint density at radius 1 is 1.48 bits per heavy atom. The Morgan fingerprint density at radius 2 is 2.19 bits per heavy atom. The molecule has 11 nitrogen and oxygen atoms in total. The zero-order chi connectivity index (χ0) is 15.4. The number of aliphatic hydroxyl groups excluding tert-OH is 2. The maximum absolute atomic E-state index is 11.8. The molecule has 0 saturated carbocycles. The van der Waals surface area contributed by atoms with E-state index in [2.05, 4.69) is 9.51 Å². The molecule has 3 rings (SSSR count). The first-order chi connectivity index (χ1) is 9.80. The highest BCUT2D eigenvalue weighted by atomic mass is 31.2. The average Bonchev–Trinajstić information content (AvgIpc) is 2.91. The second-order valence-electron chi connectivity index (χ2n) is 4.57. The van der Waals surface area contributed by atoms with E-state index in [9.17, 15) is 24.5 Å². The van der Waals surface area contributed by atoms with Gasteiger partial charge in [0.05, 0.1) is 6.61 Å². The van der Waals surface area contributed by atoms with Crippen molar-refractivity contribution in [2.75, 3.05) is 6.61 Å². The Kier molecular flexibility index (Phi) is 3.28. The number of carbonyl (C=O) groups excluding carboxylic acids is 1. The van der Waals surface area contributed by atoms with E-state index in [4.69, 9.17) is 15.0 Å². The third-order valence-corrected chi connectivity index (χ3v) is 4.08. The highest BCUT2D eigenvalue weighted by Crippen LogP contribution is 2.48. The number of amides is 1. The lowest BCUT2D eigenvalue weighted by molar-refractivity contribution is -0.0481. The number of aromatic nitrogens is 2. The zero-order valence-corrected chi connectivity index (χ0v) is 11.3. The normalized spacial score (nSPS) is 38.8. The largest absolute Gasteiger partial charge is 0.528 e. The Balaban J connectivity index is 2.13. The maximum atomic E-state index is 11.8. The van der Waals surface area contributed by atoms with E-state index < -0.39 is 56.5 Å².